The van der Waals surface area contributed by atoms with Crippen LogP contribution < -0.4 is 0 Å². The van der Waals surface area contributed by atoms with Crippen LogP contribution in [-0.4, -0.2) is 45.1 Å². The number of aromatic nitrogens is 2. The summed E-state index contributed by atoms with van der Waals surface area (Å²) in [5.41, 5.74) is -0.587. The number of carbonyl (C=O) groups is 2. The second kappa shape index (κ2) is 5.22. The van der Waals surface area contributed by atoms with Crippen LogP contribution in [0, 0.1) is 6.92 Å². The Morgan fingerprint density at radius 3 is 2.65 bits per heavy atom. The molecular weight excluding hydrogens is 262 g/mol. The highest BCUT2D eigenvalue weighted by molar-refractivity contribution is 5.98. The molecule has 1 amide bonds. The Kier molecular flexibility index (Phi) is 3.78. The molecular formula is C13H19N3O4. The summed E-state index contributed by atoms with van der Waals surface area (Å²) in [4.78, 5) is 29.8. The van der Waals surface area contributed by atoms with Crippen LogP contribution in [0.5, 0.6) is 0 Å². The summed E-state index contributed by atoms with van der Waals surface area (Å²) in [7, 11) is 0. The van der Waals surface area contributed by atoms with Crippen molar-refractivity contribution < 1.29 is 18.8 Å². The molecule has 0 spiro atoms. The minimum atomic E-state index is -0.587. The first-order chi connectivity index (χ1) is 9.28. The third kappa shape index (κ3) is 3.15. The molecule has 1 aliphatic heterocycles. The predicted octanol–water partition coefficient (Wildman–Crippen LogP) is 1.96. The van der Waals surface area contributed by atoms with Crippen LogP contribution in [0.25, 0.3) is 0 Å². The fourth-order valence-corrected chi connectivity index (χ4v) is 2.13. The van der Waals surface area contributed by atoms with Gasteiger partial charge in [0.2, 0.25) is 17.5 Å². The summed E-state index contributed by atoms with van der Waals surface area (Å²) < 4.78 is 10.1. The molecule has 0 N–H and O–H groups in total. The molecule has 2 heterocycles. The van der Waals surface area contributed by atoms with E-state index in [0.29, 0.717) is 18.9 Å². The zero-order valence-electron chi connectivity index (χ0n) is 12.2. The third-order valence-electron chi connectivity index (χ3n) is 2.93. The number of hydrogen-bond donors (Lipinski definition) is 0. The maximum Gasteiger partial charge on any atom is 0.410 e. The van der Waals surface area contributed by atoms with Gasteiger partial charge in [-0.1, -0.05) is 5.16 Å². The standard InChI is InChI=1S/C13H19N3O4/c1-8-14-11(15-20-8)10(17)9-6-5-7-16(9)12(18)19-13(2,3)4/h9H,5-7H2,1-4H3/t9-/m0/s1. The lowest BCUT2D eigenvalue weighted by atomic mass is 10.1. The van der Waals surface area contributed by atoms with Crippen LogP contribution in [0.3, 0.4) is 0 Å². The largest absolute Gasteiger partial charge is 0.444 e. The van der Waals surface area contributed by atoms with E-state index >= 15 is 0 Å². The van der Waals surface area contributed by atoms with Crippen LogP contribution >= 0.6 is 0 Å². The van der Waals surface area contributed by atoms with E-state index in [0.717, 1.165) is 6.42 Å². The van der Waals surface area contributed by atoms with Crippen LogP contribution in [0.15, 0.2) is 4.52 Å². The Morgan fingerprint density at radius 2 is 2.10 bits per heavy atom. The molecule has 0 aromatic carbocycles. The molecule has 7 nitrogen and oxygen atoms in total. The quantitative estimate of drug-likeness (QED) is 0.770. The molecule has 110 valence electrons. The predicted molar refractivity (Wildman–Crippen MR) is 69.3 cm³/mol. The van der Waals surface area contributed by atoms with E-state index in [4.69, 9.17) is 9.26 Å². The van der Waals surface area contributed by atoms with Crippen molar-refractivity contribution >= 4 is 11.9 Å². The van der Waals surface area contributed by atoms with E-state index in [2.05, 4.69) is 10.1 Å². The molecule has 1 aromatic rings. The van der Waals surface area contributed by atoms with Crippen molar-refractivity contribution in [1.82, 2.24) is 15.0 Å². The lowest BCUT2D eigenvalue weighted by Gasteiger charge is -2.27. The normalized spacial score (nSPS) is 19.2. The van der Waals surface area contributed by atoms with Gasteiger partial charge >= 0.3 is 6.09 Å². The second-order valence-corrected chi connectivity index (χ2v) is 5.83. The Morgan fingerprint density at radius 1 is 1.40 bits per heavy atom. The molecule has 1 fully saturated rings. The molecule has 1 aromatic heterocycles. The van der Waals surface area contributed by atoms with E-state index in [-0.39, 0.29) is 11.6 Å². The number of Topliss-reactive ketones (excluding diaryl/α,β-unsaturated/α-hetero) is 1. The first kappa shape index (κ1) is 14.5. The summed E-state index contributed by atoms with van der Waals surface area (Å²) in [6.45, 7) is 7.49. The zero-order chi connectivity index (χ0) is 14.9. The minimum Gasteiger partial charge on any atom is -0.444 e. The number of amides is 1. The Bertz CT molecular complexity index is 518. The minimum absolute atomic E-state index is 0.0166. The number of carbonyl (C=O) groups excluding carboxylic acids is 2. The average Bonchev–Trinajstić information content (AvgIpc) is 2.93. The number of likely N-dealkylation sites (tertiary alicyclic amines) is 1. The van der Waals surface area contributed by atoms with E-state index in [9.17, 15) is 9.59 Å². The third-order valence-corrected chi connectivity index (χ3v) is 2.93. The molecule has 0 aliphatic carbocycles. The maximum absolute atomic E-state index is 12.3. The van der Waals surface area contributed by atoms with Crippen molar-refractivity contribution in [2.24, 2.45) is 0 Å². The summed E-state index contributed by atoms with van der Waals surface area (Å²) in [5.74, 6) is 0.0448. The van der Waals surface area contributed by atoms with Crippen molar-refractivity contribution in [3.8, 4) is 0 Å². The van der Waals surface area contributed by atoms with E-state index in [1.807, 2.05) is 0 Å². The lowest BCUT2D eigenvalue weighted by Crippen LogP contribution is -2.43. The molecule has 20 heavy (non-hydrogen) atoms. The van der Waals surface area contributed by atoms with Gasteiger partial charge in [-0.2, -0.15) is 4.98 Å². The van der Waals surface area contributed by atoms with Crippen molar-refractivity contribution in [2.75, 3.05) is 6.54 Å². The Labute approximate surface area is 117 Å². The molecule has 2 rings (SSSR count). The second-order valence-electron chi connectivity index (χ2n) is 5.83. The Balaban J connectivity index is 2.11. The lowest BCUT2D eigenvalue weighted by molar-refractivity contribution is 0.0221. The Hall–Kier alpha value is -1.92. The molecule has 1 aliphatic rings. The van der Waals surface area contributed by atoms with Crippen molar-refractivity contribution in [2.45, 2.75) is 52.2 Å². The van der Waals surface area contributed by atoms with Gasteiger partial charge in [0, 0.05) is 13.5 Å². The van der Waals surface area contributed by atoms with Gasteiger partial charge in [0.15, 0.2) is 0 Å². The first-order valence-electron chi connectivity index (χ1n) is 6.62. The molecule has 7 heteroatoms. The molecule has 0 radical (unpaired) electrons. The highest BCUT2D eigenvalue weighted by Gasteiger charge is 2.38. The number of nitrogens with zero attached hydrogens (tertiary/aromatic N) is 3. The van der Waals surface area contributed by atoms with Crippen molar-refractivity contribution in [1.29, 1.82) is 0 Å². The maximum atomic E-state index is 12.3. The van der Waals surface area contributed by atoms with Gasteiger partial charge in [-0.05, 0) is 33.6 Å². The number of rotatable bonds is 2. The molecule has 1 atom stereocenters. The molecule has 0 bridgehead atoms. The van der Waals surface area contributed by atoms with Gasteiger partial charge in [0.1, 0.15) is 11.6 Å². The van der Waals surface area contributed by atoms with Crippen LogP contribution in [0.1, 0.15) is 50.1 Å². The van der Waals surface area contributed by atoms with Crippen LogP contribution in [-0.2, 0) is 4.74 Å². The highest BCUT2D eigenvalue weighted by Crippen LogP contribution is 2.23. The number of ketones is 1. The van der Waals surface area contributed by atoms with Gasteiger partial charge in [0.25, 0.3) is 0 Å². The van der Waals surface area contributed by atoms with Gasteiger partial charge in [-0.25, -0.2) is 4.79 Å². The monoisotopic (exact) mass is 281 g/mol. The molecule has 1 saturated heterocycles. The fraction of sp³-hybridized carbons (Fsp3) is 0.692. The van der Waals surface area contributed by atoms with E-state index in [1.54, 1.807) is 27.7 Å². The smallest absolute Gasteiger partial charge is 0.410 e. The zero-order valence-corrected chi connectivity index (χ0v) is 12.2. The number of ether oxygens (including phenoxy) is 1. The topological polar surface area (TPSA) is 85.5 Å². The first-order valence-corrected chi connectivity index (χ1v) is 6.62. The van der Waals surface area contributed by atoms with E-state index < -0.39 is 17.7 Å². The fourth-order valence-electron chi connectivity index (χ4n) is 2.13. The van der Waals surface area contributed by atoms with Crippen molar-refractivity contribution in [3.63, 3.8) is 0 Å². The summed E-state index contributed by atoms with van der Waals surface area (Å²) in [6, 6.07) is -0.568. The summed E-state index contributed by atoms with van der Waals surface area (Å²) in [6.07, 6.45) is 0.867. The summed E-state index contributed by atoms with van der Waals surface area (Å²) in [5, 5.41) is 3.61. The molecule has 0 unspecified atom stereocenters. The number of aryl methyl sites for hydroxylation is 1. The number of hydrogen-bond acceptors (Lipinski definition) is 6. The highest BCUT2D eigenvalue weighted by atomic mass is 16.6. The van der Waals surface area contributed by atoms with E-state index in [1.165, 1.54) is 4.90 Å². The molecule has 0 saturated carbocycles. The van der Waals surface area contributed by atoms with Gasteiger partial charge in [0.05, 0.1) is 0 Å². The average molecular weight is 281 g/mol. The van der Waals surface area contributed by atoms with Gasteiger partial charge < -0.3 is 9.26 Å². The SMILES string of the molecule is Cc1nc(C(=O)[C@@H]2CCCN2C(=O)OC(C)(C)C)no1. The van der Waals surface area contributed by atoms with Crippen molar-refractivity contribution in [3.05, 3.63) is 11.7 Å². The van der Waals surface area contributed by atoms with Gasteiger partial charge in [-0.3, -0.25) is 9.69 Å². The summed E-state index contributed by atoms with van der Waals surface area (Å²) >= 11 is 0. The van der Waals surface area contributed by atoms with Crippen LogP contribution in [0.2, 0.25) is 0 Å². The van der Waals surface area contributed by atoms with Gasteiger partial charge in [-0.15, -0.1) is 0 Å². The van der Waals surface area contributed by atoms with Crippen LogP contribution in [0.4, 0.5) is 4.79 Å².